The number of likely N-dealkylation sites (N-methyl/N-ethyl adjacent to an activating group) is 1. The van der Waals surface area contributed by atoms with Gasteiger partial charge in [0.2, 0.25) is 0 Å². The Morgan fingerprint density at radius 3 is 2.69 bits per heavy atom. The molecule has 1 unspecified atom stereocenters. The molecule has 0 saturated carbocycles. The molecule has 1 atom stereocenters. The molecule has 3 heteroatoms. The van der Waals surface area contributed by atoms with Crippen LogP contribution < -0.4 is 4.48 Å². The number of halogens is 1. The Bertz CT molecular complexity index is 390. The van der Waals surface area contributed by atoms with Gasteiger partial charge in [-0.3, -0.25) is 4.48 Å². The van der Waals surface area contributed by atoms with Gasteiger partial charge in [-0.15, -0.1) is 11.6 Å². The van der Waals surface area contributed by atoms with Crippen LogP contribution in [0.5, 0.6) is 0 Å². The Balaban J connectivity index is 2.25. The molecule has 0 aromatic heterocycles. The average Bonchev–Trinajstić information content (AvgIpc) is 2.18. The minimum atomic E-state index is -0.437. The number of hydrogen-bond acceptors (Lipinski definition) is 1. The van der Waals surface area contributed by atoms with Gasteiger partial charge in [-0.1, -0.05) is 12.1 Å². The highest BCUT2D eigenvalue weighted by atomic mass is 35.5. The van der Waals surface area contributed by atoms with Crippen LogP contribution in [0, 0.1) is 0 Å². The summed E-state index contributed by atoms with van der Waals surface area (Å²) in [5.74, 6) is 0.302. The average molecular weight is 241 g/mol. The van der Waals surface area contributed by atoms with Crippen LogP contribution in [0.25, 0.3) is 0 Å². The van der Waals surface area contributed by atoms with E-state index in [1.54, 1.807) is 0 Å². The molecule has 0 aliphatic heterocycles. The van der Waals surface area contributed by atoms with Crippen molar-refractivity contribution < 1.29 is 5.11 Å². The first kappa shape index (κ1) is 11.9. The highest BCUT2D eigenvalue weighted by Crippen LogP contribution is 2.34. The van der Waals surface area contributed by atoms with Gasteiger partial charge in [0.15, 0.2) is 0 Å². The molecule has 0 radical (unpaired) electrons. The molecule has 1 aromatic rings. The summed E-state index contributed by atoms with van der Waals surface area (Å²) in [4.78, 5) is 0. The van der Waals surface area contributed by atoms with Gasteiger partial charge < -0.3 is 5.11 Å². The maximum Gasteiger partial charge on any atom is 0.136 e. The van der Waals surface area contributed by atoms with Crippen LogP contribution in [0.2, 0.25) is 0 Å². The van der Waals surface area contributed by atoms with Gasteiger partial charge in [0, 0.05) is 5.56 Å². The Hall–Kier alpha value is -0.570. The third-order valence-electron chi connectivity index (χ3n) is 3.39. The smallest absolute Gasteiger partial charge is 0.136 e. The highest BCUT2D eigenvalue weighted by molar-refractivity contribution is 6.18. The number of nitrogens with zero attached hydrogens (tertiary/aromatic N) is 1. The van der Waals surface area contributed by atoms with Crippen molar-refractivity contribution in [2.24, 2.45) is 0 Å². The van der Waals surface area contributed by atoms with Crippen LogP contribution in [-0.2, 0) is 12.8 Å². The summed E-state index contributed by atoms with van der Waals surface area (Å²) in [6, 6.07) is 6.47. The number of hydrogen-bond donors (Lipinski definition) is 1. The Kier molecular flexibility index (Phi) is 3.24. The van der Waals surface area contributed by atoms with Crippen molar-refractivity contribution in [2.45, 2.75) is 18.9 Å². The zero-order chi connectivity index (χ0) is 11.8. The molecule has 0 spiro atoms. The fraction of sp³-hybridized carbons (Fsp3) is 0.538. The highest BCUT2D eigenvalue weighted by Gasteiger charge is 2.29. The first-order valence-corrected chi connectivity index (χ1v) is 6.26. The topological polar surface area (TPSA) is 20.2 Å². The van der Waals surface area contributed by atoms with E-state index in [4.69, 9.17) is 11.6 Å². The number of aliphatic hydroxyl groups is 1. The summed E-state index contributed by atoms with van der Waals surface area (Å²) in [5, 5.41) is 9.69. The minimum Gasteiger partial charge on any atom is -0.386 e. The van der Waals surface area contributed by atoms with E-state index in [2.05, 4.69) is 32.3 Å². The number of aliphatic hydroxyl groups excluding tert-OH is 1. The van der Waals surface area contributed by atoms with Crippen LogP contribution in [0.3, 0.4) is 0 Å². The van der Waals surface area contributed by atoms with Gasteiger partial charge in [0.1, 0.15) is 18.3 Å². The second-order valence-corrected chi connectivity index (χ2v) is 5.40. The number of aryl methyl sites for hydroxylation is 1. The van der Waals surface area contributed by atoms with E-state index in [-0.39, 0.29) is 0 Å². The van der Waals surface area contributed by atoms with Gasteiger partial charge in [-0.05, 0) is 24.5 Å². The first-order valence-electron chi connectivity index (χ1n) is 5.73. The molecule has 0 bridgehead atoms. The third kappa shape index (κ3) is 2.10. The predicted molar refractivity (Wildman–Crippen MR) is 69.1 cm³/mol. The van der Waals surface area contributed by atoms with E-state index in [1.807, 2.05) is 0 Å². The molecule has 2 rings (SSSR count). The summed E-state index contributed by atoms with van der Waals surface area (Å²) in [5.41, 5.74) is 4.26. The Morgan fingerprint density at radius 2 is 2.12 bits per heavy atom. The maximum absolute atomic E-state index is 9.69. The molecule has 1 aliphatic rings. The maximum atomic E-state index is 9.69. The number of rotatable bonds is 4. The van der Waals surface area contributed by atoms with Crippen molar-refractivity contribution >= 4 is 17.3 Å². The third-order valence-corrected chi connectivity index (χ3v) is 3.75. The van der Waals surface area contributed by atoms with Crippen molar-refractivity contribution in [3.63, 3.8) is 0 Å². The summed E-state index contributed by atoms with van der Waals surface area (Å²) < 4.78 is 0.705. The van der Waals surface area contributed by atoms with E-state index < -0.39 is 6.10 Å². The molecule has 0 heterocycles. The van der Waals surface area contributed by atoms with Gasteiger partial charge in [-0.2, -0.15) is 0 Å². The quantitative estimate of drug-likeness (QED) is 0.630. The van der Waals surface area contributed by atoms with E-state index in [0.29, 0.717) is 16.9 Å². The van der Waals surface area contributed by atoms with Gasteiger partial charge >= 0.3 is 0 Å². The lowest BCUT2D eigenvalue weighted by atomic mass is 9.86. The van der Waals surface area contributed by atoms with E-state index in [0.717, 1.165) is 0 Å². The van der Waals surface area contributed by atoms with Gasteiger partial charge in [0.25, 0.3) is 0 Å². The van der Waals surface area contributed by atoms with Crippen LogP contribution in [0.4, 0.5) is 5.69 Å². The lowest BCUT2D eigenvalue weighted by Crippen LogP contribution is -2.48. The Morgan fingerprint density at radius 1 is 1.38 bits per heavy atom. The molecule has 0 fully saturated rings. The van der Waals surface area contributed by atoms with Crippen molar-refractivity contribution in [1.29, 1.82) is 0 Å². The normalized spacial score (nSPS) is 16.5. The summed E-state index contributed by atoms with van der Waals surface area (Å²) in [7, 11) is 4.26. The molecule has 2 nitrogen and oxygen atoms in total. The van der Waals surface area contributed by atoms with Gasteiger partial charge in [-0.25, -0.2) is 0 Å². The fourth-order valence-electron chi connectivity index (χ4n) is 2.47. The predicted octanol–water partition coefficient (Wildman–Crippen LogP) is 1.95. The van der Waals surface area contributed by atoms with Crippen molar-refractivity contribution in [3.8, 4) is 0 Å². The molecule has 88 valence electrons. The Labute approximate surface area is 102 Å². The summed E-state index contributed by atoms with van der Waals surface area (Å²) >= 11 is 5.67. The zero-order valence-electron chi connectivity index (χ0n) is 9.91. The fourth-order valence-corrected chi connectivity index (χ4v) is 2.57. The monoisotopic (exact) mass is 240 g/mol. The van der Waals surface area contributed by atoms with E-state index >= 15 is 0 Å². The minimum absolute atomic E-state index is 0.302. The van der Waals surface area contributed by atoms with E-state index in [1.165, 1.54) is 29.7 Å². The van der Waals surface area contributed by atoms with Crippen molar-refractivity contribution in [3.05, 3.63) is 29.3 Å². The lowest BCUT2D eigenvalue weighted by molar-refractivity contribution is 0.157. The van der Waals surface area contributed by atoms with Gasteiger partial charge in [0.05, 0.1) is 20.0 Å². The summed E-state index contributed by atoms with van der Waals surface area (Å²) in [6.07, 6.45) is 1.93. The number of alkyl halides is 1. The van der Waals surface area contributed by atoms with Crippen molar-refractivity contribution in [2.75, 3.05) is 26.5 Å². The molecular weight excluding hydrogens is 222 g/mol. The largest absolute Gasteiger partial charge is 0.386 e. The molecule has 1 aromatic carbocycles. The zero-order valence-corrected chi connectivity index (χ0v) is 10.7. The van der Waals surface area contributed by atoms with Crippen LogP contribution >= 0.6 is 11.6 Å². The molecule has 1 N–H and O–H groups in total. The van der Waals surface area contributed by atoms with Crippen LogP contribution in [-0.4, -0.2) is 37.7 Å². The van der Waals surface area contributed by atoms with Crippen LogP contribution in [0.15, 0.2) is 18.2 Å². The molecule has 0 amide bonds. The van der Waals surface area contributed by atoms with E-state index in [9.17, 15) is 5.11 Å². The second kappa shape index (κ2) is 4.36. The van der Waals surface area contributed by atoms with Crippen LogP contribution in [0.1, 0.15) is 11.1 Å². The summed E-state index contributed by atoms with van der Waals surface area (Å²) in [6.45, 7) is 0.667. The number of benzene rings is 1. The molecular formula is C13H19ClNO+. The number of quaternary nitrogens is 1. The number of fused-ring (bicyclic) bond motifs is 1. The second-order valence-electron chi connectivity index (χ2n) is 5.09. The first-order chi connectivity index (χ1) is 7.54. The SMILES string of the molecule is C[N+](C)(CC(O)CCl)c1cccc2c1CC2. The van der Waals surface area contributed by atoms with Crippen molar-refractivity contribution in [1.82, 2.24) is 4.48 Å². The molecule has 16 heavy (non-hydrogen) atoms. The molecule has 0 saturated heterocycles. The lowest BCUT2D eigenvalue weighted by Gasteiger charge is -2.35. The standard InChI is InChI=1S/C13H19ClNO/c1-15(2,9-11(16)8-14)13-5-3-4-10-6-7-12(10)13/h3-5,11,16H,6-9H2,1-2H3/q+1. The molecule has 1 aliphatic carbocycles.